The molecule has 5 amide bonds. The minimum absolute atomic E-state index is 0.0451. The van der Waals surface area contributed by atoms with Gasteiger partial charge in [-0.2, -0.15) is 0 Å². The number of piperidine rings is 1. The van der Waals surface area contributed by atoms with Gasteiger partial charge in [0.15, 0.2) is 0 Å². The Morgan fingerprint density at radius 1 is 1.12 bits per heavy atom. The molecule has 2 saturated heterocycles. The highest BCUT2D eigenvalue weighted by Crippen LogP contribution is 2.19. The molecular formula is C17H20N4O4. The van der Waals surface area contributed by atoms with Gasteiger partial charge in [0, 0.05) is 24.7 Å². The summed E-state index contributed by atoms with van der Waals surface area (Å²) in [6.45, 7) is 0.897. The Bertz CT molecular complexity index is 667. The summed E-state index contributed by atoms with van der Waals surface area (Å²) >= 11 is 0. The molecule has 132 valence electrons. The number of carbonyl (C=O) groups is 4. The van der Waals surface area contributed by atoms with Crippen LogP contribution in [0.15, 0.2) is 30.3 Å². The van der Waals surface area contributed by atoms with Crippen molar-refractivity contribution in [3.05, 3.63) is 35.9 Å². The van der Waals surface area contributed by atoms with Crippen molar-refractivity contribution >= 4 is 23.8 Å². The van der Waals surface area contributed by atoms with Gasteiger partial charge in [0.1, 0.15) is 0 Å². The summed E-state index contributed by atoms with van der Waals surface area (Å²) in [5.74, 6) is -0.673. The smallest absolute Gasteiger partial charge is 0.324 e. The fourth-order valence-electron chi connectivity index (χ4n) is 3.14. The third-order valence-corrected chi connectivity index (χ3v) is 4.50. The van der Waals surface area contributed by atoms with Crippen LogP contribution in [-0.4, -0.2) is 65.8 Å². The first-order valence-corrected chi connectivity index (χ1v) is 8.27. The first-order chi connectivity index (χ1) is 12.1. The molecule has 3 rings (SSSR count). The van der Waals surface area contributed by atoms with Crippen molar-refractivity contribution in [2.75, 3.05) is 26.2 Å². The summed E-state index contributed by atoms with van der Waals surface area (Å²) in [7, 11) is 0. The molecule has 8 heteroatoms. The number of nitrogens with one attached hydrogen (secondary N) is 2. The lowest BCUT2D eigenvalue weighted by Crippen LogP contribution is -2.50. The molecule has 0 bridgehead atoms. The minimum atomic E-state index is -0.357. The van der Waals surface area contributed by atoms with Crippen LogP contribution in [0.25, 0.3) is 0 Å². The second-order valence-corrected chi connectivity index (χ2v) is 6.08. The monoisotopic (exact) mass is 344 g/mol. The van der Waals surface area contributed by atoms with Gasteiger partial charge in [0.25, 0.3) is 5.91 Å². The fourth-order valence-corrected chi connectivity index (χ4v) is 3.14. The van der Waals surface area contributed by atoms with E-state index in [-0.39, 0.29) is 42.9 Å². The van der Waals surface area contributed by atoms with Gasteiger partial charge < -0.3 is 15.5 Å². The highest BCUT2D eigenvalue weighted by atomic mass is 16.2. The minimum Gasteiger partial charge on any atom is -0.343 e. The Balaban J connectivity index is 1.46. The van der Waals surface area contributed by atoms with Gasteiger partial charge in [-0.25, -0.2) is 4.79 Å². The van der Waals surface area contributed by atoms with E-state index in [9.17, 15) is 19.2 Å². The average Bonchev–Trinajstić information content (AvgIpc) is 2.98. The molecule has 2 N–H and O–H groups in total. The molecule has 1 aromatic carbocycles. The van der Waals surface area contributed by atoms with Crippen LogP contribution in [0.4, 0.5) is 4.79 Å². The predicted molar refractivity (Wildman–Crippen MR) is 88.6 cm³/mol. The average molecular weight is 344 g/mol. The predicted octanol–water partition coefficient (Wildman–Crippen LogP) is -0.0408. The summed E-state index contributed by atoms with van der Waals surface area (Å²) in [6, 6.07) is 8.18. The van der Waals surface area contributed by atoms with Crippen molar-refractivity contribution in [3.8, 4) is 0 Å². The number of likely N-dealkylation sites (tertiary alicyclic amines) is 1. The number of benzene rings is 1. The standard InChI is InChI=1S/C17H20N4O4/c22-14(10-18-16(24)12-4-2-1-3-5-12)20-8-6-13(7-9-20)21-15(23)11-19-17(21)25/h1-5,13H,6-11H2,(H,18,24)(H,19,25). The molecule has 1 aromatic rings. The maximum Gasteiger partial charge on any atom is 0.324 e. The van der Waals surface area contributed by atoms with Gasteiger partial charge in [0.2, 0.25) is 11.8 Å². The van der Waals surface area contributed by atoms with Crippen LogP contribution in [0.1, 0.15) is 23.2 Å². The van der Waals surface area contributed by atoms with E-state index in [4.69, 9.17) is 0 Å². The van der Waals surface area contributed by atoms with E-state index < -0.39 is 0 Å². The third-order valence-electron chi connectivity index (χ3n) is 4.50. The molecule has 0 aromatic heterocycles. The summed E-state index contributed by atoms with van der Waals surface area (Å²) in [4.78, 5) is 50.5. The second-order valence-electron chi connectivity index (χ2n) is 6.08. The van der Waals surface area contributed by atoms with Crippen molar-refractivity contribution < 1.29 is 19.2 Å². The van der Waals surface area contributed by atoms with Crippen molar-refractivity contribution in [1.29, 1.82) is 0 Å². The van der Waals surface area contributed by atoms with Crippen molar-refractivity contribution in [1.82, 2.24) is 20.4 Å². The van der Waals surface area contributed by atoms with E-state index >= 15 is 0 Å². The van der Waals surface area contributed by atoms with Gasteiger partial charge in [0.05, 0.1) is 13.1 Å². The maximum absolute atomic E-state index is 12.2. The fraction of sp³-hybridized carbons (Fsp3) is 0.412. The molecule has 0 aliphatic carbocycles. The second kappa shape index (κ2) is 7.33. The Morgan fingerprint density at radius 2 is 1.80 bits per heavy atom. The Hall–Kier alpha value is -2.90. The van der Waals surface area contributed by atoms with Gasteiger partial charge in [-0.1, -0.05) is 18.2 Å². The number of urea groups is 1. The van der Waals surface area contributed by atoms with E-state index in [1.807, 2.05) is 6.07 Å². The van der Waals surface area contributed by atoms with E-state index in [0.29, 0.717) is 31.5 Å². The van der Waals surface area contributed by atoms with Gasteiger partial charge in [-0.3, -0.25) is 19.3 Å². The van der Waals surface area contributed by atoms with Crippen LogP contribution in [0.2, 0.25) is 0 Å². The van der Waals surface area contributed by atoms with E-state index in [1.54, 1.807) is 29.2 Å². The topological polar surface area (TPSA) is 98.8 Å². The van der Waals surface area contributed by atoms with Crippen LogP contribution < -0.4 is 10.6 Å². The molecule has 2 heterocycles. The maximum atomic E-state index is 12.2. The first kappa shape index (κ1) is 16.9. The molecule has 2 aliphatic rings. The highest BCUT2D eigenvalue weighted by molar-refractivity contribution is 6.02. The number of rotatable bonds is 4. The van der Waals surface area contributed by atoms with E-state index in [2.05, 4.69) is 10.6 Å². The quantitative estimate of drug-likeness (QED) is 0.749. The van der Waals surface area contributed by atoms with Crippen LogP contribution in [0.5, 0.6) is 0 Å². The SMILES string of the molecule is O=C(NCC(=O)N1CCC(N2C(=O)CNC2=O)CC1)c1ccccc1. The molecule has 25 heavy (non-hydrogen) atoms. The lowest BCUT2D eigenvalue weighted by molar-refractivity contribution is -0.132. The number of imide groups is 1. The summed E-state index contributed by atoms with van der Waals surface area (Å²) < 4.78 is 0. The van der Waals surface area contributed by atoms with Gasteiger partial charge in [-0.05, 0) is 25.0 Å². The molecular weight excluding hydrogens is 324 g/mol. The lowest BCUT2D eigenvalue weighted by atomic mass is 10.0. The van der Waals surface area contributed by atoms with Crippen LogP contribution in [0.3, 0.4) is 0 Å². The Kier molecular flexibility index (Phi) is 4.97. The van der Waals surface area contributed by atoms with E-state index in [0.717, 1.165) is 0 Å². The molecule has 0 radical (unpaired) electrons. The Morgan fingerprint density at radius 3 is 2.40 bits per heavy atom. The van der Waals surface area contributed by atoms with Crippen LogP contribution in [0, 0.1) is 0 Å². The van der Waals surface area contributed by atoms with Crippen molar-refractivity contribution in [2.24, 2.45) is 0 Å². The zero-order valence-corrected chi connectivity index (χ0v) is 13.7. The number of carbonyl (C=O) groups excluding carboxylic acids is 4. The molecule has 2 fully saturated rings. The molecule has 0 atom stereocenters. The zero-order valence-electron chi connectivity index (χ0n) is 13.7. The van der Waals surface area contributed by atoms with Gasteiger partial charge in [-0.15, -0.1) is 0 Å². The normalized spacial score (nSPS) is 18.2. The molecule has 0 spiro atoms. The molecule has 0 unspecified atom stereocenters. The number of hydrogen-bond donors (Lipinski definition) is 2. The summed E-state index contributed by atoms with van der Waals surface area (Å²) in [5, 5.41) is 5.13. The third kappa shape index (κ3) is 3.78. The van der Waals surface area contributed by atoms with E-state index in [1.165, 1.54) is 4.90 Å². The molecule has 8 nitrogen and oxygen atoms in total. The Labute approximate surface area is 145 Å². The zero-order chi connectivity index (χ0) is 17.8. The highest BCUT2D eigenvalue weighted by Gasteiger charge is 2.37. The van der Waals surface area contributed by atoms with Crippen molar-refractivity contribution in [2.45, 2.75) is 18.9 Å². The number of hydrogen-bond acceptors (Lipinski definition) is 4. The van der Waals surface area contributed by atoms with Crippen LogP contribution in [-0.2, 0) is 9.59 Å². The van der Waals surface area contributed by atoms with Crippen LogP contribution >= 0.6 is 0 Å². The molecule has 2 aliphatic heterocycles. The number of nitrogens with zero attached hydrogens (tertiary/aromatic N) is 2. The molecule has 0 saturated carbocycles. The lowest BCUT2D eigenvalue weighted by Gasteiger charge is -2.35. The van der Waals surface area contributed by atoms with Gasteiger partial charge >= 0.3 is 6.03 Å². The number of amides is 5. The summed E-state index contributed by atoms with van der Waals surface area (Å²) in [6.07, 6.45) is 1.11. The largest absolute Gasteiger partial charge is 0.343 e. The van der Waals surface area contributed by atoms with Crippen molar-refractivity contribution in [3.63, 3.8) is 0 Å². The summed E-state index contributed by atoms with van der Waals surface area (Å²) in [5.41, 5.74) is 0.507. The first-order valence-electron chi connectivity index (χ1n) is 8.27.